The van der Waals surface area contributed by atoms with E-state index in [2.05, 4.69) is 17.4 Å². The van der Waals surface area contributed by atoms with Gasteiger partial charge in [0.1, 0.15) is 6.61 Å². The summed E-state index contributed by atoms with van der Waals surface area (Å²) in [5, 5.41) is 11.7. The Morgan fingerprint density at radius 2 is 1.64 bits per heavy atom. The highest BCUT2D eigenvalue weighted by molar-refractivity contribution is 5.81. The van der Waals surface area contributed by atoms with E-state index >= 15 is 0 Å². The van der Waals surface area contributed by atoms with Crippen LogP contribution in [0.25, 0.3) is 11.1 Å². The van der Waals surface area contributed by atoms with Crippen LogP contribution in [0.2, 0.25) is 0 Å². The monoisotopic (exact) mass is 383 g/mol. The summed E-state index contributed by atoms with van der Waals surface area (Å²) in [4.78, 5) is 23.6. The predicted molar refractivity (Wildman–Crippen MR) is 105 cm³/mol. The van der Waals surface area contributed by atoms with E-state index in [4.69, 9.17) is 9.47 Å². The zero-order valence-electron chi connectivity index (χ0n) is 16.1. The lowest BCUT2D eigenvalue weighted by atomic mass is 9.98. The highest BCUT2D eigenvalue weighted by atomic mass is 16.6. The first-order valence-corrected chi connectivity index (χ1v) is 9.47. The Balaban J connectivity index is 1.63. The number of hydrogen-bond acceptors (Lipinski definition) is 4. The first-order chi connectivity index (χ1) is 13.5. The van der Waals surface area contributed by atoms with Crippen LogP contribution < -0.4 is 5.32 Å². The largest absolute Gasteiger partial charge is 0.480 e. The van der Waals surface area contributed by atoms with E-state index < -0.39 is 18.1 Å². The van der Waals surface area contributed by atoms with Crippen LogP contribution in [0.5, 0.6) is 0 Å². The minimum Gasteiger partial charge on any atom is -0.480 e. The summed E-state index contributed by atoms with van der Waals surface area (Å²) in [7, 11) is 0. The van der Waals surface area contributed by atoms with Crippen molar-refractivity contribution in [1.82, 2.24) is 5.32 Å². The molecule has 0 heterocycles. The Kier molecular flexibility index (Phi) is 6.31. The number of carbonyl (C=O) groups excluding carboxylic acids is 1. The first kappa shape index (κ1) is 19.9. The molecular formula is C22H25NO5. The number of fused-ring (bicyclic) bond motifs is 3. The lowest BCUT2D eigenvalue weighted by Crippen LogP contribution is -2.45. The summed E-state index contributed by atoms with van der Waals surface area (Å²) < 4.78 is 10.8. The molecule has 28 heavy (non-hydrogen) atoms. The number of nitrogens with one attached hydrogen (secondary N) is 1. The fourth-order valence-electron chi connectivity index (χ4n) is 3.34. The standard InChI is InChI=1S/C22H25NO5/c1-3-14(2)27-13-20(21(24)25)23-22(26)28-12-19-17-10-6-4-8-15(17)16-9-5-7-11-18(16)19/h4-11,14,19-20H,3,12-13H2,1-2H3,(H,23,26)(H,24,25). The number of amides is 1. The summed E-state index contributed by atoms with van der Waals surface area (Å²) in [6.07, 6.45) is -0.0785. The van der Waals surface area contributed by atoms with Gasteiger partial charge in [0.25, 0.3) is 0 Å². The summed E-state index contributed by atoms with van der Waals surface area (Å²) >= 11 is 0. The van der Waals surface area contributed by atoms with Crippen molar-refractivity contribution in [2.45, 2.75) is 38.3 Å². The molecule has 0 radical (unpaired) electrons. The average Bonchev–Trinajstić information content (AvgIpc) is 3.03. The fourth-order valence-corrected chi connectivity index (χ4v) is 3.34. The van der Waals surface area contributed by atoms with E-state index in [1.807, 2.05) is 50.2 Å². The zero-order valence-corrected chi connectivity index (χ0v) is 16.1. The number of carbonyl (C=O) groups is 2. The molecule has 0 bridgehead atoms. The molecular weight excluding hydrogens is 358 g/mol. The highest BCUT2D eigenvalue weighted by Gasteiger charge is 2.29. The number of rotatable bonds is 8. The Morgan fingerprint density at radius 1 is 1.07 bits per heavy atom. The number of ether oxygens (including phenoxy) is 2. The molecule has 6 nitrogen and oxygen atoms in total. The van der Waals surface area contributed by atoms with Crippen molar-refractivity contribution in [3.05, 3.63) is 59.7 Å². The third kappa shape index (κ3) is 4.34. The van der Waals surface area contributed by atoms with Crippen molar-refractivity contribution in [1.29, 1.82) is 0 Å². The van der Waals surface area contributed by atoms with Gasteiger partial charge in [0.2, 0.25) is 0 Å². The zero-order chi connectivity index (χ0) is 20.1. The summed E-state index contributed by atoms with van der Waals surface area (Å²) in [5.41, 5.74) is 4.48. The molecule has 1 amide bonds. The van der Waals surface area contributed by atoms with Gasteiger partial charge in [0.05, 0.1) is 12.7 Å². The summed E-state index contributed by atoms with van der Waals surface area (Å²) in [6.45, 7) is 3.83. The van der Waals surface area contributed by atoms with E-state index in [9.17, 15) is 14.7 Å². The van der Waals surface area contributed by atoms with Crippen molar-refractivity contribution in [3.63, 3.8) is 0 Å². The first-order valence-electron chi connectivity index (χ1n) is 9.47. The van der Waals surface area contributed by atoms with Crippen molar-refractivity contribution in [2.24, 2.45) is 0 Å². The lowest BCUT2D eigenvalue weighted by molar-refractivity contribution is -0.141. The normalized spacial score (nSPS) is 14.6. The molecule has 0 aromatic heterocycles. The Morgan fingerprint density at radius 3 is 2.18 bits per heavy atom. The second-order valence-electron chi connectivity index (χ2n) is 6.91. The molecule has 2 aromatic carbocycles. The number of aliphatic carboxylic acids is 1. The molecule has 2 aromatic rings. The summed E-state index contributed by atoms with van der Waals surface area (Å²) in [5.74, 6) is -1.23. The average molecular weight is 383 g/mol. The number of alkyl carbamates (subject to hydrolysis) is 1. The van der Waals surface area contributed by atoms with Crippen LogP contribution in [0.15, 0.2) is 48.5 Å². The molecule has 0 spiro atoms. The number of hydrogen-bond donors (Lipinski definition) is 2. The molecule has 2 unspecified atom stereocenters. The molecule has 2 N–H and O–H groups in total. The van der Waals surface area contributed by atoms with E-state index in [1.54, 1.807) is 0 Å². The van der Waals surface area contributed by atoms with Gasteiger partial charge < -0.3 is 19.9 Å². The Labute approximate surface area is 164 Å². The van der Waals surface area contributed by atoms with Crippen molar-refractivity contribution in [3.8, 4) is 11.1 Å². The van der Waals surface area contributed by atoms with E-state index in [0.29, 0.717) is 0 Å². The van der Waals surface area contributed by atoms with Gasteiger partial charge in [0.15, 0.2) is 6.04 Å². The lowest BCUT2D eigenvalue weighted by Gasteiger charge is -2.19. The molecule has 2 atom stereocenters. The molecule has 6 heteroatoms. The second kappa shape index (κ2) is 8.89. The fraction of sp³-hybridized carbons (Fsp3) is 0.364. The smallest absolute Gasteiger partial charge is 0.407 e. The molecule has 148 valence electrons. The molecule has 0 saturated carbocycles. The third-order valence-corrected chi connectivity index (χ3v) is 5.06. The number of carboxylic acids is 1. The van der Waals surface area contributed by atoms with E-state index in [0.717, 1.165) is 28.7 Å². The molecule has 1 aliphatic carbocycles. The highest BCUT2D eigenvalue weighted by Crippen LogP contribution is 2.44. The number of benzene rings is 2. The van der Waals surface area contributed by atoms with Gasteiger partial charge in [-0.15, -0.1) is 0 Å². The van der Waals surface area contributed by atoms with Gasteiger partial charge in [-0.3, -0.25) is 0 Å². The van der Waals surface area contributed by atoms with E-state index in [1.165, 1.54) is 0 Å². The van der Waals surface area contributed by atoms with Gasteiger partial charge in [-0.2, -0.15) is 0 Å². The van der Waals surface area contributed by atoms with Gasteiger partial charge in [-0.05, 0) is 35.6 Å². The minimum absolute atomic E-state index is 0.0715. The van der Waals surface area contributed by atoms with Crippen molar-refractivity contribution in [2.75, 3.05) is 13.2 Å². The van der Waals surface area contributed by atoms with Crippen LogP contribution in [0.3, 0.4) is 0 Å². The Hall–Kier alpha value is -2.86. The van der Waals surface area contributed by atoms with Gasteiger partial charge in [0, 0.05) is 5.92 Å². The van der Waals surface area contributed by atoms with Crippen LogP contribution in [0.4, 0.5) is 4.79 Å². The van der Waals surface area contributed by atoms with Crippen molar-refractivity contribution < 1.29 is 24.2 Å². The van der Waals surface area contributed by atoms with Gasteiger partial charge >= 0.3 is 12.1 Å². The molecule has 0 fully saturated rings. The topological polar surface area (TPSA) is 84.9 Å². The molecule has 1 aliphatic rings. The van der Waals surface area contributed by atoms with Crippen LogP contribution in [0.1, 0.15) is 37.3 Å². The number of carboxylic acid groups (broad SMARTS) is 1. The molecule has 0 aliphatic heterocycles. The van der Waals surface area contributed by atoms with Crippen LogP contribution in [-0.4, -0.2) is 42.5 Å². The van der Waals surface area contributed by atoms with Crippen LogP contribution in [0, 0.1) is 0 Å². The molecule has 3 rings (SSSR count). The van der Waals surface area contributed by atoms with Crippen molar-refractivity contribution >= 4 is 12.1 Å². The Bertz CT molecular complexity index is 805. The van der Waals surface area contributed by atoms with Crippen LogP contribution in [-0.2, 0) is 14.3 Å². The van der Waals surface area contributed by atoms with E-state index in [-0.39, 0.29) is 25.2 Å². The maximum Gasteiger partial charge on any atom is 0.407 e. The summed E-state index contributed by atoms with van der Waals surface area (Å²) in [6, 6.07) is 14.9. The maximum absolute atomic E-state index is 12.2. The van der Waals surface area contributed by atoms with Gasteiger partial charge in [-0.1, -0.05) is 55.5 Å². The molecule has 0 saturated heterocycles. The quantitative estimate of drug-likeness (QED) is 0.724. The predicted octanol–water partition coefficient (Wildman–Crippen LogP) is 3.79. The third-order valence-electron chi connectivity index (χ3n) is 5.06. The van der Waals surface area contributed by atoms with Gasteiger partial charge in [-0.25, -0.2) is 9.59 Å². The SMILES string of the molecule is CCC(C)OCC(NC(=O)OCC1c2ccccc2-c2ccccc21)C(=O)O. The second-order valence-corrected chi connectivity index (χ2v) is 6.91. The minimum atomic E-state index is -1.16. The maximum atomic E-state index is 12.2. The van der Waals surface area contributed by atoms with Crippen LogP contribution >= 0.6 is 0 Å².